The van der Waals surface area contributed by atoms with Crippen LogP contribution in [-0.2, 0) is 10.2 Å². The molecule has 0 saturated carbocycles. The van der Waals surface area contributed by atoms with Crippen molar-refractivity contribution in [1.29, 1.82) is 5.41 Å². The number of hydrogen-bond donors (Lipinski definition) is 1. The molecule has 0 radical (unpaired) electrons. The molecule has 0 bridgehead atoms. The maximum absolute atomic E-state index is 12.5. The topological polar surface area (TPSA) is 84.2 Å². The van der Waals surface area contributed by atoms with Gasteiger partial charge in [0.1, 0.15) is 24.8 Å². The highest BCUT2D eigenvalue weighted by Crippen LogP contribution is 2.34. The van der Waals surface area contributed by atoms with Crippen molar-refractivity contribution in [1.82, 2.24) is 4.90 Å². The fraction of sp³-hybridized carbons (Fsp3) is 0.296. The van der Waals surface area contributed by atoms with Crippen LogP contribution in [0, 0.1) is 5.41 Å². The molecule has 35 heavy (non-hydrogen) atoms. The van der Waals surface area contributed by atoms with Crippen molar-refractivity contribution in [2.45, 2.75) is 33.1 Å². The first-order valence-electron chi connectivity index (χ1n) is 11.3. The van der Waals surface area contributed by atoms with Crippen LogP contribution in [0.4, 0.5) is 0 Å². The average Bonchev–Trinajstić information content (AvgIpc) is 3.19. The van der Waals surface area contributed by atoms with Crippen molar-refractivity contribution in [3.05, 3.63) is 70.3 Å². The molecule has 0 aromatic heterocycles. The van der Waals surface area contributed by atoms with E-state index in [9.17, 15) is 4.79 Å². The maximum Gasteiger partial charge on any atom is 0.283 e. The van der Waals surface area contributed by atoms with E-state index in [2.05, 4.69) is 37.9 Å². The standard InChI is InChI=1S/C27H29N3O4S/c1-17-16-30-24(28)21(25(31)29-26(30)35-17)14-18-6-11-22(23(15-18)32-5)34-13-12-33-20-9-7-19(8-10-20)27(2,3)4/h6-11,14-16,28H,12-13H2,1-5H3. The Morgan fingerprint density at radius 3 is 2.46 bits per heavy atom. The van der Waals surface area contributed by atoms with E-state index in [-0.39, 0.29) is 16.8 Å². The largest absolute Gasteiger partial charge is 0.493 e. The number of benzene rings is 2. The number of rotatable bonds is 7. The zero-order valence-corrected chi connectivity index (χ0v) is 21.4. The number of thioether (sulfide) groups is 1. The minimum atomic E-state index is -0.427. The van der Waals surface area contributed by atoms with Gasteiger partial charge < -0.3 is 14.2 Å². The van der Waals surface area contributed by atoms with E-state index in [1.54, 1.807) is 30.2 Å². The predicted octanol–water partition coefficient (Wildman–Crippen LogP) is 5.62. The van der Waals surface area contributed by atoms with Crippen LogP contribution in [0.15, 0.2) is 64.1 Å². The van der Waals surface area contributed by atoms with Crippen molar-refractivity contribution < 1.29 is 19.0 Å². The molecule has 8 heteroatoms. The number of amides is 1. The molecule has 7 nitrogen and oxygen atoms in total. The van der Waals surface area contributed by atoms with Crippen LogP contribution in [-0.4, -0.2) is 42.1 Å². The SMILES string of the molecule is COc1cc(C=C2C(=N)N3C=C(C)SC3=NC2=O)ccc1OCCOc1ccc(C(C)(C)C)cc1. The number of carbonyl (C=O) groups is 1. The van der Waals surface area contributed by atoms with Crippen molar-refractivity contribution >= 4 is 34.7 Å². The Bertz CT molecular complexity index is 1240. The summed E-state index contributed by atoms with van der Waals surface area (Å²) in [6.45, 7) is 9.18. The summed E-state index contributed by atoms with van der Waals surface area (Å²) in [6, 6.07) is 13.5. The number of aliphatic imine (C=N–C) groups is 1. The van der Waals surface area contributed by atoms with Gasteiger partial charge in [-0.25, -0.2) is 0 Å². The van der Waals surface area contributed by atoms with Crippen molar-refractivity contribution in [2.24, 2.45) is 4.99 Å². The molecule has 2 aromatic carbocycles. The van der Waals surface area contributed by atoms with E-state index in [4.69, 9.17) is 19.6 Å². The molecule has 2 aromatic rings. The molecule has 0 spiro atoms. The lowest BCUT2D eigenvalue weighted by molar-refractivity contribution is -0.114. The van der Waals surface area contributed by atoms with E-state index in [1.807, 2.05) is 31.3 Å². The van der Waals surface area contributed by atoms with E-state index >= 15 is 0 Å². The third-order valence-electron chi connectivity index (χ3n) is 5.52. The Balaban J connectivity index is 1.39. The van der Waals surface area contributed by atoms with Crippen LogP contribution in [0.25, 0.3) is 6.08 Å². The Hall–Kier alpha value is -3.52. The highest BCUT2D eigenvalue weighted by atomic mass is 32.2. The van der Waals surface area contributed by atoms with Gasteiger partial charge in [0.25, 0.3) is 5.91 Å². The summed E-state index contributed by atoms with van der Waals surface area (Å²) < 4.78 is 17.2. The summed E-state index contributed by atoms with van der Waals surface area (Å²) in [7, 11) is 1.56. The van der Waals surface area contributed by atoms with Crippen LogP contribution in [0.2, 0.25) is 0 Å². The molecule has 2 heterocycles. The zero-order valence-electron chi connectivity index (χ0n) is 20.5. The quantitative estimate of drug-likeness (QED) is 0.400. The van der Waals surface area contributed by atoms with Gasteiger partial charge in [0.05, 0.1) is 12.7 Å². The molecule has 0 aliphatic carbocycles. The molecule has 4 rings (SSSR count). The highest BCUT2D eigenvalue weighted by molar-refractivity contribution is 8.17. The average molecular weight is 492 g/mol. The smallest absolute Gasteiger partial charge is 0.283 e. The van der Waals surface area contributed by atoms with Gasteiger partial charge in [-0.3, -0.25) is 15.1 Å². The summed E-state index contributed by atoms with van der Waals surface area (Å²) in [5.41, 5.74) is 2.29. The van der Waals surface area contributed by atoms with Crippen LogP contribution < -0.4 is 14.2 Å². The number of nitrogens with one attached hydrogen (secondary N) is 1. The van der Waals surface area contributed by atoms with Crippen molar-refractivity contribution in [3.63, 3.8) is 0 Å². The van der Waals surface area contributed by atoms with Gasteiger partial charge in [-0.15, -0.1) is 0 Å². The molecule has 182 valence electrons. The number of carbonyl (C=O) groups excluding carboxylic acids is 1. The minimum Gasteiger partial charge on any atom is -0.493 e. The summed E-state index contributed by atoms with van der Waals surface area (Å²) in [4.78, 5) is 19.2. The first kappa shape index (κ1) is 24.6. The van der Waals surface area contributed by atoms with Gasteiger partial charge in [0.15, 0.2) is 16.7 Å². The van der Waals surface area contributed by atoms with Gasteiger partial charge >= 0.3 is 0 Å². The van der Waals surface area contributed by atoms with Crippen LogP contribution in [0.5, 0.6) is 17.2 Å². The number of amidine groups is 2. The lowest BCUT2D eigenvalue weighted by Gasteiger charge is -2.22. The van der Waals surface area contributed by atoms with E-state index < -0.39 is 5.91 Å². The van der Waals surface area contributed by atoms with Gasteiger partial charge in [-0.1, -0.05) is 50.7 Å². The molecule has 2 aliphatic heterocycles. The number of nitrogens with zero attached hydrogens (tertiary/aromatic N) is 2. The highest BCUT2D eigenvalue weighted by Gasteiger charge is 2.32. The van der Waals surface area contributed by atoms with Crippen LogP contribution >= 0.6 is 11.8 Å². The number of hydrogen-bond acceptors (Lipinski definition) is 6. The molecule has 0 fully saturated rings. The second-order valence-corrected chi connectivity index (χ2v) is 10.4. The summed E-state index contributed by atoms with van der Waals surface area (Å²) in [6.07, 6.45) is 3.46. The molecule has 1 amide bonds. The summed E-state index contributed by atoms with van der Waals surface area (Å²) in [5.74, 6) is 1.57. The Morgan fingerprint density at radius 2 is 1.77 bits per heavy atom. The van der Waals surface area contributed by atoms with Crippen molar-refractivity contribution in [2.75, 3.05) is 20.3 Å². The molecular weight excluding hydrogens is 462 g/mol. The normalized spacial score (nSPS) is 16.7. The second-order valence-electron chi connectivity index (χ2n) is 9.20. The summed E-state index contributed by atoms with van der Waals surface area (Å²) in [5, 5.41) is 8.95. The number of allylic oxidation sites excluding steroid dienone is 1. The van der Waals surface area contributed by atoms with Gasteiger partial charge in [-0.05, 0) is 53.8 Å². The van der Waals surface area contributed by atoms with Gasteiger partial charge in [-0.2, -0.15) is 4.99 Å². The second kappa shape index (κ2) is 10.00. The Morgan fingerprint density at radius 1 is 1.06 bits per heavy atom. The van der Waals surface area contributed by atoms with Crippen LogP contribution in [0.1, 0.15) is 38.8 Å². The number of methoxy groups -OCH3 is 1. The first-order valence-corrected chi connectivity index (χ1v) is 12.1. The Labute approximate surface area is 210 Å². The third-order valence-corrected chi connectivity index (χ3v) is 6.42. The third kappa shape index (κ3) is 5.59. The molecular formula is C27H29N3O4S. The lowest BCUT2D eigenvalue weighted by atomic mass is 9.87. The number of fused-ring (bicyclic) bond motifs is 1. The lowest BCUT2D eigenvalue weighted by Crippen LogP contribution is -2.35. The predicted molar refractivity (Wildman–Crippen MR) is 140 cm³/mol. The fourth-order valence-corrected chi connectivity index (χ4v) is 4.44. The zero-order chi connectivity index (χ0) is 25.2. The van der Waals surface area contributed by atoms with E-state index in [1.165, 1.54) is 17.3 Å². The molecule has 0 saturated heterocycles. The molecule has 2 aliphatic rings. The first-order chi connectivity index (χ1) is 16.7. The van der Waals surface area contributed by atoms with Crippen LogP contribution in [0.3, 0.4) is 0 Å². The molecule has 0 unspecified atom stereocenters. The molecule has 0 atom stereocenters. The van der Waals surface area contributed by atoms with E-state index in [0.717, 1.165) is 10.7 Å². The Kier molecular flexibility index (Phi) is 7.03. The van der Waals surface area contributed by atoms with E-state index in [0.29, 0.717) is 35.4 Å². The monoisotopic (exact) mass is 491 g/mol. The minimum absolute atomic E-state index is 0.102. The molecule has 1 N–H and O–H groups in total. The number of ether oxygens (including phenoxy) is 3. The maximum atomic E-state index is 12.5. The van der Waals surface area contributed by atoms with Gasteiger partial charge in [0, 0.05) is 11.1 Å². The van der Waals surface area contributed by atoms with Crippen molar-refractivity contribution in [3.8, 4) is 17.2 Å². The van der Waals surface area contributed by atoms with Gasteiger partial charge in [0.2, 0.25) is 0 Å². The fourth-order valence-electron chi connectivity index (χ4n) is 3.62. The summed E-state index contributed by atoms with van der Waals surface area (Å²) >= 11 is 1.38.